The van der Waals surface area contributed by atoms with Gasteiger partial charge in [-0.05, 0) is 56.2 Å². The summed E-state index contributed by atoms with van der Waals surface area (Å²) in [6, 6.07) is 14.0. The Morgan fingerprint density at radius 3 is 2.61 bits per heavy atom. The number of nitrogens with zero attached hydrogens (tertiary/aromatic N) is 2. The van der Waals surface area contributed by atoms with E-state index in [1.807, 2.05) is 44.2 Å². The number of aromatic nitrogens is 2. The average molecular weight is 410 g/mol. The molecule has 0 aliphatic carbocycles. The van der Waals surface area contributed by atoms with Crippen LogP contribution in [0.25, 0.3) is 21.3 Å². The van der Waals surface area contributed by atoms with Gasteiger partial charge in [0.25, 0.3) is 0 Å². The lowest BCUT2D eigenvalue weighted by atomic mass is 10.0. The van der Waals surface area contributed by atoms with Gasteiger partial charge in [-0.25, -0.2) is 9.97 Å². The molecule has 2 heterocycles. The number of benzene rings is 2. The van der Waals surface area contributed by atoms with Gasteiger partial charge in [-0.2, -0.15) is 0 Å². The van der Waals surface area contributed by atoms with Crippen molar-refractivity contribution in [2.45, 2.75) is 20.8 Å². The fraction of sp³-hybridized carbons (Fsp3) is 0.182. The number of fused-ring (bicyclic) bond motifs is 1. The van der Waals surface area contributed by atoms with Gasteiger partial charge in [0, 0.05) is 21.2 Å². The molecule has 4 aromatic rings. The first-order valence-electron chi connectivity index (χ1n) is 9.07. The number of thiophene rings is 1. The Kier molecular flexibility index (Phi) is 5.20. The number of ether oxygens (including phenoxy) is 1. The third-order valence-corrected chi connectivity index (χ3v) is 5.82. The maximum Gasteiger partial charge on any atom is 0.143 e. The molecule has 0 saturated heterocycles. The molecule has 4 rings (SSSR count). The smallest absolute Gasteiger partial charge is 0.143 e. The van der Waals surface area contributed by atoms with Crippen LogP contribution < -0.4 is 10.1 Å². The topological polar surface area (TPSA) is 47.0 Å². The predicted octanol–water partition coefficient (Wildman–Crippen LogP) is 6.77. The molecule has 0 amide bonds. The zero-order valence-corrected chi connectivity index (χ0v) is 17.5. The fourth-order valence-electron chi connectivity index (χ4n) is 3.23. The van der Waals surface area contributed by atoms with Crippen molar-refractivity contribution in [2.75, 3.05) is 11.9 Å². The Hall–Kier alpha value is -2.63. The SMILES string of the molecule is CCOc1ccc(-c2c(C)sc3ncnc(Nc4cc(Cl)ccc4C)c23)cc1. The monoisotopic (exact) mass is 409 g/mol. The van der Waals surface area contributed by atoms with E-state index in [-0.39, 0.29) is 0 Å². The van der Waals surface area contributed by atoms with Crippen molar-refractivity contribution in [1.29, 1.82) is 0 Å². The lowest BCUT2D eigenvalue weighted by molar-refractivity contribution is 0.340. The van der Waals surface area contributed by atoms with Gasteiger partial charge >= 0.3 is 0 Å². The normalized spacial score (nSPS) is 11.0. The molecule has 0 bridgehead atoms. The number of anilines is 2. The molecule has 2 aromatic heterocycles. The molecular weight excluding hydrogens is 390 g/mol. The van der Waals surface area contributed by atoms with Gasteiger partial charge in [0.2, 0.25) is 0 Å². The van der Waals surface area contributed by atoms with Gasteiger partial charge < -0.3 is 10.1 Å². The molecular formula is C22H20ClN3OS. The van der Waals surface area contributed by atoms with Crippen LogP contribution in [0.15, 0.2) is 48.8 Å². The minimum atomic E-state index is 0.653. The van der Waals surface area contributed by atoms with Gasteiger partial charge in [0.15, 0.2) is 0 Å². The lowest BCUT2D eigenvalue weighted by Gasteiger charge is -2.12. The molecule has 6 heteroatoms. The molecule has 0 aliphatic rings. The maximum absolute atomic E-state index is 6.19. The zero-order chi connectivity index (χ0) is 19.7. The summed E-state index contributed by atoms with van der Waals surface area (Å²) in [5, 5.41) is 5.17. The first-order chi connectivity index (χ1) is 13.6. The van der Waals surface area contributed by atoms with E-state index < -0.39 is 0 Å². The second-order valence-corrected chi connectivity index (χ2v) is 8.12. The van der Waals surface area contributed by atoms with E-state index in [4.69, 9.17) is 16.3 Å². The van der Waals surface area contributed by atoms with E-state index >= 15 is 0 Å². The molecule has 0 fully saturated rings. The number of hydrogen-bond donors (Lipinski definition) is 1. The van der Waals surface area contributed by atoms with Crippen molar-refractivity contribution in [2.24, 2.45) is 0 Å². The Balaban J connectivity index is 1.84. The number of halogens is 1. The summed E-state index contributed by atoms with van der Waals surface area (Å²) >= 11 is 7.86. The lowest BCUT2D eigenvalue weighted by Crippen LogP contribution is -1.97. The van der Waals surface area contributed by atoms with Gasteiger partial charge in [-0.15, -0.1) is 11.3 Å². The predicted molar refractivity (Wildman–Crippen MR) is 118 cm³/mol. The van der Waals surface area contributed by atoms with E-state index in [2.05, 4.69) is 34.3 Å². The molecule has 4 nitrogen and oxygen atoms in total. The van der Waals surface area contributed by atoms with Crippen LogP contribution in [0.3, 0.4) is 0 Å². The van der Waals surface area contributed by atoms with Crippen molar-refractivity contribution in [3.63, 3.8) is 0 Å². The second kappa shape index (κ2) is 7.78. The van der Waals surface area contributed by atoms with Crippen LogP contribution in [-0.2, 0) is 0 Å². The zero-order valence-electron chi connectivity index (χ0n) is 15.9. The summed E-state index contributed by atoms with van der Waals surface area (Å²) in [5.74, 6) is 1.65. The third kappa shape index (κ3) is 3.55. The first-order valence-corrected chi connectivity index (χ1v) is 10.3. The van der Waals surface area contributed by atoms with Crippen molar-refractivity contribution < 1.29 is 4.74 Å². The number of hydrogen-bond acceptors (Lipinski definition) is 5. The summed E-state index contributed by atoms with van der Waals surface area (Å²) in [6.07, 6.45) is 1.60. The summed E-state index contributed by atoms with van der Waals surface area (Å²) in [7, 11) is 0. The van der Waals surface area contributed by atoms with Gasteiger partial charge in [-0.1, -0.05) is 29.8 Å². The van der Waals surface area contributed by atoms with E-state index in [1.54, 1.807) is 17.7 Å². The highest BCUT2D eigenvalue weighted by atomic mass is 35.5. The molecule has 0 aliphatic heterocycles. The van der Waals surface area contributed by atoms with Crippen LogP contribution in [0.1, 0.15) is 17.4 Å². The summed E-state index contributed by atoms with van der Waals surface area (Å²) in [6.45, 7) is 6.80. The average Bonchev–Trinajstić information content (AvgIpc) is 3.02. The molecule has 0 saturated carbocycles. The Morgan fingerprint density at radius 1 is 1.07 bits per heavy atom. The van der Waals surface area contributed by atoms with Crippen molar-refractivity contribution in [1.82, 2.24) is 9.97 Å². The van der Waals surface area contributed by atoms with E-state index in [9.17, 15) is 0 Å². The Labute approximate surface area is 173 Å². The fourth-order valence-corrected chi connectivity index (χ4v) is 4.41. The molecule has 0 radical (unpaired) electrons. The highest BCUT2D eigenvalue weighted by molar-refractivity contribution is 7.19. The van der Waals surface area contributed by atoms with Crippen LogP contribution >= 0.6 is 22.9 Å². The van der Waals surface area contributed by atoms with Crippen molar-refractivity contribution in [3.8, 4) is 16.9 Å². The second-order valence-electron chi connectivity index (χ2n) is 6.48. The summed E-state index contributed by atoms with van der Waals surface area (Å²) < 4.78 is 5.58. The largest absolute Gasteiger partial charge is 0.494 e. The molecule has 0 spiro atoms. The molecule has 1 N–H and O–H groups in total. The van der Waals surface area contributed by atoms with E-state index in [0.717, 1.165) is 44.2 Å². The molecule has 142 valence electrons. The first kappa shape index (κ1) is 18.7. The highest BCUT2D eigenvalue weighted by Gasteiger charge is 2.17. The van der Waals surface area contributed by atoms with Crippen LogP contribution in [0.2, 0.25) is 5.02 Å². The van der Waals surface area contributed by atoms with Gasteiger partial charge in [0.1, 0.15) is 22.7 Å². The van der Waals surface area contributed by atoms with Crippen LogP contribution in [-0.4, -0.2) is 16.6 Å². The third-order valence-electron chi connectivity index (χ3n) is 4.57. The Morgan fingerprint density at radius 2 is 1.86 bits per heavy atom. The molecule has 28 heavy (non-hydrogen) atoms. The van der Waals surface area contributed by atoms with Crippen molar-refractivity contribution >= 4 is 44.7 Å². The quantitative estimate of drug-likeness (QED) is 0.395. The Bertz CT molecular complexity index is 1140. The molecule has 0 atom stereocenters. The minimum Gasteiger partial charge on any atom is -0.494 e. The van der Waals surface area contributed by atoms with Crippen LogP contribution in [0, 0.1) is 13.8 Å². The maximum atomic E-state index is 6.19. The van der Waals surface area contributed by atoms with Gasteiger partial charge in [0.05, 0.1) is 12.0 Å². The summed E-state index contributed by atoms with van der Waals surface area (Å²) in [4.78, 5) is 11.2. The molecule has 0 unspecified atom stereocenters. The standard InChI is InChI=1S/C22H20ClN3OS/c1-4-27-17-9-6-15(7-10-17)19-14(3)28-22-20(19)21(24-12-25-22)26-18-11-16(23)8-5-13(18)2/h5-12H,4H2,1-3H3,(H,24,25,26). The van der Waals surface area contributed by atoms with Crippen molar-refractivity contribution in [3.05, 3.63) is 64.3 Å². The van der Waals surface area contributed by atoms with Crippen LogP contribution in [0.5, 0.6) is 5.75 Å². The van der Waals surface area contributed by atoms with Crippen LogP contribution in [0.4, 0.5) is 11.5 Å². The minimum absolute atomic E-state index is 0.653. The van der Waals surface area contributed by atoms with E-state index in [1.165, 1.54) is 4.88 Å². The molecule has 2 aromatic carbocycles. The number of aryl methyl sites for hydroxylation is 2. The summed E-state index contributed by atoms with van der Waals surface area (Å²) in [5.41, 5.74) is 4.30. The highest BCUT2D eigenvalue weighted by Crippen LogP contribution is 2.41. The van der Waals surface area contributed by atoms with Gasteiger partial charge in [-0.3, -0.25) is 0 Å². The number of rotatable bonds is 5. The number of nitrogens with one attached hydrogen (secondary N) is 1. The van der Waals surface area contributed by atoms with E-state index in [0.29, 0.717) is 11.6 Å².